The zero-order chi connectivity index (χ0) is 13.8. The van der Waals surface area contributed by atoms with E-state index in [1.807, 2.05) is 4.68 Å². The van der Waals surface area contributed by atoms with Crippen molar-refractivity contribution in [3.05, 3.63) is 16.9 Å². The van der Waals surface area contributed by atoms with E-state index < -0.39 is 0 Å². The Bertz CT molecular complexity index is 366. The molecule has 1 N–H and O–H groups in total. The Hall–Kier alpha value is -0.540. The molecule has 1 aromatic heterocycles. The van der Waals surface area contributed by atoms with E-state index in [4.69, 9.17) is 11.6 Å². The van der Waals surface area contributed by atoms with E-state index in [0.29, 0.717) is 5.92 Å². The maximum atomic E-state index is 6.21. The Labute approximate surface area is 116 Å². The lowest BCUT2D eigenvalue weighted by Gasteiger charge is -2.23. The molecule has 18 heavy (non-hydrogen) atoms. The van der Waals surface area contributed by atoms with Gasteiger partial charge in [0.1, 0.15) is 0 Å². The van der Waals surface area contributed by atoms with Crippen molar-refractivity contribution in [1.82, 2.24) is 15.1 Å². The molecule has 0 amide bonds. The third kappa shape index (κ3) is 4.99. The summed E-state index contributed by atoms with van der Waals surface area (Å²) >= 11 is 6.21. The Morgan fingerprint density at radius 1 is 1.44 bits per heavy atom. The van der Waals surface area contributed by atoms with Gasteiger partial charge in [0.2, 0.25) is 0 Å². The molecular formula is C14H26ClN3. The molecule has 0 aliphatic heterocycles. The number of rotatable bonds is 6. The second-order valence-corrected chi connectivity index (χ2v) is 6.51. The SMILES string of the molecule is CCCn1ncc(Cl)c1CC(C)CNC(C)(C)C. The molecule has 104 valence electrons. The van der Waals surface area contributed by atoms with Crippen LogP contribution in [0.15, 0.2) is 6.20 Å². The van der Waals surface area contributed by atoms with Crippen molar-refractivity contribution in [3.63, 3.8) is 0 Å². The predicted octanol–water partition coefficient (Wildman–Crippen LogP) is 3.51. The molecule has 1 rings (SSSR count). The summed E-state index contributed by atoms with van der Waals surface area (Å²) in [4.78, 5) is 0. The number of nitrogens with zero attached hydrogens (tertiary/aromatic N) is 2. The summed E-state index contributed by atoms with van der Waals surface area (Å²) in [6, 6.07) is 0. The number of aryl methyl sites for hydroxylation is 1. The molecule has 0 saturated carbocycles. The summed E-state index contributed by atoms with van der Waals surface area (Å²) < 4.78 is 2.04. The minimum Gasteiger partial charge on any atom is -0.312 e. The molecule has 3 nitrogen and oxygen atoms in total. The lowest BCUT2D eigenvalue weighted by molar-refractivity contribution is 0.377. The van der Waals surface area contributed by atoms with Gasteiger partial charge in [0.15, 0.2) is 0 Å². The second kappa shape index (κ2) is 6.58. The van der Waals surface area contributed by atoms with Crippen LogP contribution in [0.25, 0.3) is 0 Å². The quantitative estimate of drug-likeness (QED) is 0.858. The molecule has 0 bridgehead atoms. The van der Waals surface area contributed by atoms with Gasteiger partial charge in [-0.05, 0) is 46.1 Å². The summed E-state index contributed by atoms with van der Waals surface area (Å²) in [5, 5.41) is 8.66. The molecule has 0 fully saturated rings. The molecule has 0 aromatic carbocycles. The minimum absolute atomic E-state index is 0.168. The van der Waals surface area contributed by atoms with Gasteiger partial charge in [-0.2, -0.15) is 5.10 Å². The molecule has 0 spiro atoms. The van der Waals surface area contributed by atoms with Crippen LogP contribution < -0.4 is 5.32 Å². The van der Waals surface area contributed by atoms with Crippen molar-refractivity contribution in [2.75, 3.05) is 6.54 Å². The molecule has 1 heterocycles. The lowest BCUT2D eigenvalue weighted by Crippen LogP contribution is -2.39. The molecule has 4 heteroatoms. The highest BCUT2D eigenvalue weighted by Gasteiger charge is 2.15. The van der Waals surface area contributed by atoms with Gasteiger partial charge >= 0.3 is 0 Å². The molecule has 0 aliphatic rings. The lowest BCUT2D eigenvalue weighted by atomic mass is 10.0. The molecular weight excluding hydrogens is 246 g/mol. The fourth-order valence-corrected chi connectivity index (χ4v) is 2.10. The van der Waals surface area contributed by atoms with Crippen LogP contribution in [0.2, 0.25) is 5.02 Å². The smallest absolute Gasteiger partial charge is 0.0817 e. The number of hydrogen-bond acceptors (Lipinski definition) is 2. The number of aromatic nitrogens is 2. The van der Waals surface area contributed by atoms with Crippen LogP contribution >= 0.6 is 11.6 Å². The van der Waals surface area contributed by atoms with Crippen molar-refractivity contribution in [3.8, 4) is 0 Å². The third-order valence-corrected chi connectivity index (χ3v) is 3.17. The van der Waals surface area contributed by atoms with Crippen molar-refractivity contribution >= 4 is 11.6 Å². The highest BCUT2D eigenvalue weighted by molar-refractivity contribution is 6.31. The monoisotopic (exact) mass is 271 g/mol. The van der Waals surface area contributed by atoms with E-state index in [0.717, 1.165) is 31.0 Å². The van der Waals surface area contributed by atoms with Crippen LogP contribution in [-0.4, -0.2) is 21.9 Å². The Balaban J connectivity index is 2.58. The first-order valence-electron chi connectivity index (χ1n) is 6.78. The van der Waals surface area contributed by atoms with E-state index in [9.17, 15) is 0 Å². The van der Waals surface area contributed by atoms with Gasteiger partial charge in [0.25, 0.3) is 0 Å². The van der Waals surface area contributed by atoms with Gasteiger partial charge in [0.05, 0.1) is 16.9 Å². The van der Waals surface area contributed by atoms with E-state index in [2.05, 4.69) is 45.0 Å². The summed E-state index contributed by atoms with van der Waals surface area (Å²) in [5.74, 6) is 0.550. The van der Waals surface area contributed by atoms with Gasteiger partial charge in [0, 0.05) is 12.1 Å². The van der Waals surface area contributed by atoms with E-state index >= 15 is 0 Å². The first kappa shape index (κ1) is 15.5. The predicted molar refractivity (Wildman–Crippen MR) is 78.2 cm³/mol. The highest BCUT2D eigenvalue weighted by atomic mass is 35.5. The van der Waals surface area contributed by atoms with E-state index in [-0.39, 0.29) is 5.54 Å². The maximum Gasteiger partial charge on any atom is 0.0817 e. The fraction of sp³-hybridized carbons (Fsp3) is 0.786. The largest absolute Gasteiger partial charge is 0.312 e. The first-order valence-corrected chi connectivity index (χ1v) is 7.16. The van der Waals surface area contributed by atoms with Gasteiger partial charge in [-0.1, -0.05) is 25.4 Å². The van der Waals surface area contributed by atoms with Crippen LogP contribution in [0.1, 0.15) is 46.7 Å². The zero-order valence-corrected chi connectivity index (χ0v) is 13.0. The van der Waals surface area contributed by atoms with Crippen molar-refractivity contribution in [2.45, 2.75) is 59.5 Å². The van der Waals surface area contributed by atoms with Gasteiger partial charge in [-0.25, -0.2) is 0 Å². The van der Waals surface area contributed by atoms with Crippen molar-refractivity contribution < 1.29 is 0 Å². The summed E-state index contributed by atoms with van der Waals surface area (Å²) in [7, 11) is 0. The first-order chi connectivity index (χ1) is 8.33. The fourth-order valence-electron chi connectivity index (χ4n) is 1.88. The number of hydrogen-bond donors (Lipinski definition) is 1. The van der Waals surface area contributed by atoms with E-state index in [1.54, 1.807) is 6.20 Å². The number of nitrogens with one attached hydrogen (secondary N) is 1. The topological polar surface area (TPSA) is 29.9 Å². The van der Waals surface area contributed by atoms with Gasteiger partial charge in [-0.15, -0.1) is 0 Å². The Morgan fingerprint density at radius 3 is 2.67 bits per heavy atom. The normalized spacial score (nSPS) is 13.9. The Morgan fingerprint density at radius 2 is 2.11 bits per heavy atom. The third-order valence-electron chi connectivity index (χ3n) is 2.86. The van der Waals surface area contributed by atoms with Crippen molar-refractivity contribution in [2.24, 2.45) is 5.92 Å². The molecule has 1 atom stereocenters. The zero-order valence-electron chi connectivity index (χ0n) is 12.3. The van der Waals surface area contributed by atoms with Crippen molar-refractivity contribution in [1.29, 1.82) is 0 Å². The van der Waals surface area contributed by atoms with Crippen LogP contribution in [0.5, 0.6) is 0 Å². The van der Waals surface area contributed by atoms with Crippen LogP contribution in [0.3, 0.4) is 0 Å². The van der Waals surface area contributed by atoms with Gasteiger partial charge < -0.3 is 5.32 Å². The molecule has 0 saturated heterocycles. The standard InChI is InChI=1S/C14H26ClN3/c1-6-7-18-13(12(15)10-17-18)8-11(2)9-16-14(3,4)5/h10-11,16H,6-9H2,1-5H3. The summed E-state index contributed by atoms with van der Waals surface area (Å²) in [6.45, 7) is 12.9. The molecule has 0 radical (unpaired) electrons. The number of halogens is 1. The van der Waals surface area contributed by atoms with Crippen LogP contribution in [0.4, 0.5) is 0 Å². The maximum absolute atomic E-state index is 6.21. The average molecular weight is 272 g/mol. The van der Waals surface area contributed by atoms with Crippen LogP contribution in [-0.2, 0) is 13.0 Å². The summed E-state index contributed by atoms with van der Waals surface area (Å²) in [6.07, 6.45) is 3.82. The molecule has 1 unspecified atom stereocenters. The van der Waals surface area contributed by atoms with Gasteiger partial charge in [-0.3, -0.25) is 4.68 Å². The second-order valence-electron chi connectivity index (χ2n) is 6.10. The highest BCUT2D eigenvalue weighted by Crippen LogP contribution is 2.19. The minimum atomic E-state index is 0.168. The average Bonchev–Trinajstić information content (AvgIpc) is 2.58. The van der Waals surface area contributed by atoms with Crippen LogP contribution in [0, 0.1) is 5.92 Å². The summed E-state index contributed by atoms with van der Waals surface area (Å²) in [5.41, 5.74) is 1.34. The molecule has 0 aliphatic carbocycles. The van der Waals surface area contributed by atoms with E-state index in [1.165, 1.54) is 5.69 Å². The molecule has 1 aromatic rings. The Kier molecular flexibility index (Phi) is 5.67.